The number of benzene rings is 1. The number of carbonyl (C=O) groups is 2. The molecule has 3 heterocycles. The van der Waals surface area contributed by atoms with E-state index in [9.17, 15) is 28.3 Å². The van der Waals surface area contributed by atoms with Gasteiger partial charge in [-0.15, -0.1) is 0 Å². The van der Waals surface area contributed by atoms with E-state index in [0.29, 0.717) is 19.2 Å². The number of carbonyl (C=O) groups excluding carboxylic acids is 2. The third-order valence-corrected chi connectivity index (χ3v) is 5.49. The molecule has 1 unspecified atom stereocenters. The number of nitrogens with zero attached hydrogens (tertiary/aromatic N) is 2. The van der Waals surface area contributed by atoms with Crippen LogP contribution in [-0.2, 0) is 11.3 Å². The zero-order valence-electron chi connectivity index (χ0n) is 16.0. The van der Waals surface area contributed by atoms with Gasteiger partial charge in [-0.3, -0.25) is 14.4 Å². The summed E-state index contributed by atoms with van der Waals surface area (Å²) in [4.78, 5) is 39.5. The average molecular weight is 419 g/mol. The third kappa shape index (κ3) is 3.13. The molecule has 0 bridgehead atoms. The molecule has 2 aliphatic heterocycles. The van der Waals surface area contributed by atoms with E-state index in [-0.39, 0.29) is 42.1 Å². The van der Waals surface area contributed by atoms with Crippen LogP contribution in [0.25, 0.3) is 0 Å². The standard InChI is InChI=1S/C20H19F2N3O5/c1-2-24-14-8-30-9-15(14)25-7-12(17(26)18(27)16(25)20(24)29)19(28)23-6-10-3-4-11(21)5-13(10)22/h3-5,7,14-15,27H,2,6,8-9H2,1H3,(H,23,28)/t14-,15?/m1/s1. The smallest absolute Gasteiger partial charge is 0.274 e. The Hall–Kier alpha value is -3.27. The number of pyridine rings is 1. The van der Waals surface area contributed by atoms with Crippen molar-refractivity contribution in [2.45, 2.75) is 25.6 Å². The predicted octanol–water partition coefficient (Wildman–Crippen LogP) is 1.18. The molecule has 1 aromatic heterocycles. The van der Waals surface area contributed by atoms with Crippen LogP contribution in [-0.4, -0.2) is 52.2 Å². The minimum Gasteiger partial charge on any atom is -0.503 e. The van der Waals surface area contributed by atoms with Crippen molar-refractivity contribution in [1.82, 2.24) is 14.8 Å². The van der Waals surface area contributed by atoms with Gasteiger partial charge in [0.05, 0.1) is 25.3 Å². The molecule has 0 radical (unpaired) electrons. The molecule has 0 aliphatic carbocycles. The molecule has 2 atom stereocenters. The second kappa shape index (κ2) is 7.52. The molecule has 1 aromatic carbocycles. The van der Waals surface area contributed by atoms with E-state index in [2.05, 4.69) is 5.32 Å². The van der Waals surface area contributed by atoms with Gasteiger partial charge in [-0.1, -0.05) is 6.07 Å². The number of halogens is 2. The monoisotopic (exact) mass is 419 g/mol. The quantitative estimate of drug-likeness (QED) is 0.775. The van der Waals surface area contributed by atoms with Gasteiger partial charge < -0.3 is 24.6 Å². The Kier molecular flexibility index (Phi) is 5.02. The number of hydrogen-bond donors (Lipinski definition) is 2. The van der Waals surface area contributed by atoms with Crippen LogP contribution >= 0.6 is 0 Å². The Labute approximate surface area is 169 Å². The van der Waals surface area contributed by atoms with Gasteiger partial charge in [0.15, 0.2) is 11.4 Å². The fourth-order valence-electron chi connectivity index (χ4n) is 3.95. The molecule has 0 spiro atoms. The first-order valence-electron chi connectivity index (χ1n) is 9.42. The van der Waals surface area contributed by atoms with Gasteiger partial charge in [0.2, 0.25) is 5.43 Å². The van der Waals surface area contributed by atoms with E-state index in [1.165, 1.54) is 21.7 Å². The predicted molar refractivity (Wildman–Crippen MR) is 100 cm³/mol. The van der Waals surface area contributed by atoms with Crippen molar-refractivity contribution in [3.8, 4) is 5.75 Å². The minimum atomic E-state index is -1.000. The van der Waals surface area contributed by atoms with Crippen LogP contribution in [0, 0.1) is 11.6 Å². The molecular weight excluding hydrogens is 400 g/mol. The summed E-state index contributed by atoms with van der Waals surface area (Å²) in [5.41, 5.74) is -1.54. The first-order chi connectivity index (χ1) is 14.3. The highest BCUT2D eigenvalue weighted by Gasteiger charge is 2.44. The number of ether oxygens (including phenoxy) is 1. The summed E-state index contributed by atoms with van der Waals surface area (Å²) in [5.74, 6) is -3.77. The topological polar surface area (TPSA) is 101 Å². The van der Waals surface area contributed by atoms with Gasteiger partial charge in [0, 0.05) is 30.9 Å². The lowest BCUT2D eigenvalue weighted by atomic mass is 10.0. The van der Waals surface area contributed by atoms with E-state index in [4.69, 9.17) is 4.74 Å². The van der Waals surface area contributed by atoms with Crippen LogP contribution in [0.15, 0.2) is 29.2 Å². The molecule has 30 heavy (non-hydrogen) atoms. The fraction of sp³-hybridized carbons (Fsp3) is 0.350. The highest BCUT2D eigenvalue weighted by atomic mass is 19.1. The summed E-state index contributed by atoms with van der Waals surface area (Å²) in [6.45, 7) is 2.44. The number of aromatic nitrogens is 1. The van der Waals surface area contributed by atoms with Crippen molar-refractivity contribution in [3.05, 3.63) is 63.1 Å². The van der Waals surface area contributed by atoms with E-state index in [1.807, 2.05) is 0 Å². The van der Waals surface area contributed by atoms with Crippen molar-refractivity contribution < 1.29 is 28.2 Å². The van der Waals surface area contributed by atoms with Gasteiger partial charge in [-0.25, -0.2) is 8.78 Å². The second-order valence-corrected chi connectivity index (χ2v) is 7.16. The molecule has 2 amide bonds. The molecule has 0 saturated carbocycles. The Bertz CT molecular complexity index is 1100. The molecule has 1 fully saturated rings. The van der Waals surface area contributed by atoms with Crippen molar-refractivity contribution in [3.63, 3.8) is 0 Å². The van der Waals surface area contributed by atoms with Crippen molar-refractivity contribution >= 4 is 11.8 Å². The first kappa shape index (κ1) is 20.0. The zero-order chi connectivity index (χ0) is 21.6. The maximum atomic E-state index is 13.8. The molecular formula is C20H19F2N3O5. The molecule has 10 heteroatoms. The average Bonchev–Trinajstić information content (AvgIpc) is 3.19. The number of likely N-dealkylation sites (N-methyl/N-ethyl adjacent to an activating group) is 1. The summed E-state index contributed by atoms with van der Waals surface area (Å²) >= 11 is 0. The molecule has 2 N–H and O–H groups in total. The molecule has 2 aromatic rings. The SMILES string of the molecule is CCN1C(=O)c2c(O)c(=O)c(C(=O)NCc3ccc(F)cc3F)cn2C2COC[C@H]21. The van der Waals surface area contributed by atoms with E-state index >= 15 is 0 Å². The fourth-order valence-corrected chi connectivity index (χ4v) is 3.95. The summed E-state index contributed by atoms with van der Waals surface area (Å²) in [6.07, 6.45) is 1.23. The van der Waals surface area contributed by atoms with Crippen LogP contribution in [0.3, 0.4) is 0 Å². The lowest BCUT2D eigenvalue weighted by Crippen LogP contribution is -2.51. The number of amides is 2. The Balaban J connectivity index is 1.68. The third-order valence-electron chi connectivity index (χ3n) is 5.49. The second-order valence-electron chi connectivity index (χ2n) is 7.16. The molecule has 158 valence electrons. The van der Waals surface area contributed by atoms with Crippen LogP contribution in [0.2, 0.25) is 0 Å². The molecule has 8 nitrogen and oxygen atoms in total. The highest BCUT2D eigenvalue weighted by Crippen LogP contribution is 2.34. The normalized spacial score (nSPS) is 20.1. The summed E-state index contributed by atoms with van der Waals surface area (Å²) < 4.78 is 33.7. The number of rotatable bonds is 4. The Morgan fingerprint density at radius 1 is 1.27 bits per heavy atom. The number of nitrogens with one attached hydrogen (secondary N) is 1. The van der Waals surface area contributed by atoms with Crippen molar-refractivity contribution in [2.24, 2.45) is 0 Å². The summed E-state index contributed by atoms with van der Waals surface area (Å²) in [6, 6.07) is 2.29. The van der Waals surface area contributed by atoms with E-state index in [1.54, 1.807) is 6.92 Å². The van der Waals surface area contributed by atoms with Gasteiger partial charge in [-0.05, 0) is 13.0 Å². The molecule has 4 rings (SSSR count). The lowest BCUT2D eigenvalue weighted by molar-refractivity contribution is 0.0569. The molecule has 1 saturated heterocycles. The van der Waals surface area contributed by atoms with Crippen molar-refractivity contribution in [1.29, 1.82) is 0 Å². The van der Waals surface area contributed by atoms with Crippen LogP contribution in [0.1, 0.15) is 39.4 Å². The maximum Gasteiger partial charge on any atom is 0.274 e. The van der Waals surface area contributed by atoms with Crippen molar-refractivity contribution in [2.75, 3.05) is 19.8 Å². The van der Waals surface area contributed by atoms with Gasteiger partial charge in [0.25, 0.3) is 11.8 Å². The summed E-state index contributed by atoms with van der Waals surface area (Å²) in [5, 5.41) is 12.8. The zero-order valence-corrected chi connectivity index (χ0v) is 16.0. The largest absolute Gasteiger partial charge is 0.503 e. The summed E-state index contributed by atoms with van der Waals surface area (Å²) in [7, 11) is 0. The number of aromatic hydroxyl groups is 1. The first-order valence-corrected chi connectivity index (χ1v) is 9.42. The van der Waals surface area contributed by atoms with Gasteiger partial charge in [-0.2, -0.15) is 0 Å². The van der Waals surface area contributed by atoms with Gasteiger partial charge >= 0.3 is 0 Å². The highest BCUT2D eigenvalue weighted by molar-refractivity contribution is 5.99. The van der Waals surface area contributed by atoms with Crippen LogP contribution in [0.5, 0.6) is 5.75 Å². The minimum absolute atomic E-state index is 0.0325. The maximum absolute atomic E-state index is 13.8. The van der Waals surface area contributed by atoms with Gasteiger partial charge in [0.1, 0.15) is 17.2 Å². The number of hydrogen-bond acceptors (Lipinski definition) is 5. The Morgan fingerprint density at radius 3 is 2.70 bits per heavy atom. The Morgan fingerprint density at radius 2 is 2.00 bits per heavy atom. The molecule has 2 aliphatic rings. The lowest BCUT2D eigenvalue weighted by Gasteiger charge is -2.38. The van der Waals surface area contributed by atoms with E-state index in [0.717, 1.165) is 6.07 Å². The van der Waals surface area contributed by atoms with Crippen LogP contribution < -0.4 is 10.7 Å². The van der Waals surface area contributed by atoms with Crippen LogP contribution in [0.4, 0.5) is 8.78 Å². The van der Waals surface area contributed by atoms with E-state index < -0.39 is 34.6 Å². The number of fused-ring (bicyclic) bond motifs is 3.